The van der Waals surface area contributed by atoms with E-state index in [0.29, 0.717) is 10.6 Å². The van der Waals surface area contributed by atoms with Crippen molar-refractivity contribution in [2.45, 2.75) is 39.7 Å². The lowest BCUT2D eigenvalue weighted by Gasteiger charge is -2.22. The number of rotatable bonds is 6. The summed E-state index contributed by atoms with van der Waals surface area (Å²) in [6, 6.07) is 0. The number of ether oxygens (including phenoxy) is 1. The number of hydrogen-bond acceptors (Lipinski definition) is 6. The number of carbonyl (C=O) groups is 4. The maximum absolute atomic E-state index is 12.5. The molecule has 0 spiro atoms. The zero-order chi connectivity index (χ0) is 19.6. The number of anilines is 1. The number of fused-ring (bicyclic) bond motifs is 1. The molecule has 1 aromatic heterocycles. The van der Waals surface area contributed by atoms with Crippen LogP contribution in [-0.2, 0) is 32.1 Å². The second-order valence-electron chi connectivity index (χ2n) is 6.63. The van der Waals surface area contributed by atoms with Gasteiger partial charge in [-0.05, 0) is 19.4 Å². The molecular formula is C18H24N3O5S+. The smallest absolute Gasteiger partial charge is 0.341 e. The Hall–Kier alpha value is -2.26. The van der Waals surface area contributed by atoms with E-state index in [2.05, 4.69) is 12.2 Å². The Morgan fingerprint density at radius 3 is 2.52 bits per heavy atom. The van der Waals surface area contributed by atoms with Gasteiger partial charge >= 0.3 is 5.97 Å². The van der Waals surface area contributed by atoms with Crippen LogP contribution in [0.4, 0.5) is 5.00 Å². The molecule has 3 rings (SSSR count). The van der Waals surface area contributed by atoms with Gasteiger partial charge in [0.1, 0.15) is 18.1 Å². The van der Waals surface area contributed by atoms with Crippen molar-refractivity contribution in [3.63, 3.8) is 0 Å². The Labute approximate surface area is 161 Å². The fraction of sp³-hybridized carbons (Fsp3) is 0.556. The first-order valence-electron chi connectivity index (χ1n) is 9.22. The van der Waals surface area contributed by atoms with Gasteiger partial charge in [0.25, 0.3) is 0 Å². The van der Waals surface area contributed by atoms with Crippen molar-refractivity contribution in [1.29, 1.82) is 0 Å². The standard InChI is InChI=1S/C18H23N3O5S/c1-3-20-8-7-11-12(9-20)27-17(16(11)18(25)26-4-2)19-13(22)10-21-14(23)5-6-15(21)24/h3-10H2,1-2H3,(H,19,22)/p+1. The largest absolute Gasteiger partial charge is 0.462 e. The first-order chi connectivity index (χ1) is 12.9. The van der Waals surface area contributed by atoms with E-state index in [0.717, 1.165) is 41.4 Å². The van der Waals surface area contributed by atoms with Crippen LogP contribution in [0.15, 0.2) is 0 Å². The fourth-order valence-electron chi connectivity index (χ4n) is 3.45. The molecule has 0 radical (unpaired) electrons. The highest BCUT2D eigenvalue weighted by Crippen LogP contribution is 2.35. The zero-order valence-electron chi connectivity index (χ0n) is 15.6. The number of likely N-dealkylation sites (N-methyl/N-ethyl adjacent to an activating group) is 1. The first-order valence-corrected chi connectivity index (χ1v) is 10.0. The van der Waals surface area contributed by atoms with E-state index < -0.39 is 11.9 Å². The Morgan fingerprint density at radius 2 is 1.89 bits per heavy atom. The summed E-state index contributed by atoms with van der Waals surface area (Å²) in [4.78, 5) is 51.8. The van der Waals surface area contributed by atoms with Gasteiger partial charge in [0.05, 0.1) is 30.1 Å². The van der Waals surface area contributed by atoms with E-state index >= 15 is 0 Å². The van der Waals surface area contributed by atoms with Crippen molar-refractivity contribution in [3.8, 4) is 0 Å². The molecule has 0 bridgehead atoms. The summed E-state index contributed by atoms with van der Waals surface area (Å²) in [6.07, 6.45) is 1.04. The van der Waals surface area contributed by atoms with Gasteiger partial charge in [-0.3, -0.25) is 19.3 Å². The van der Waals surface area contributed by atoms with Crippen LogP contribution in [-0.4, -0.2) is 54.8 Å². The summed E-state index contributed by atoms with van der Waals surface area (Å²) in [7, 11) is 0. The molecular weight excluding hydrogens is 370 g/mol. The minimum Gasteiger partial charge on any atom is -0.462 e. The number of imide groups is 1. The topological polar surface area (TPSA) is 97.2 Å². The molecule has 3 amide bonds. The first kappa shape index (κ1) is 19.5. The van der Waals surface area contributed by atoms with Gasteiger partial charge in [0.15, 0.2) is 0 Å². The summed E-state index contributed by atoms with van der Waals surface area (Å²) in [6.45, 7) is 6.51. The average Bonchev–Trinajstić information content (AvgIpc) is 3.15. The molecule has 1 atom stereocenters. The highest BCUT2D eigenvalue weighted by molar-refractivity contribution is 7.17. The molecule has 9 heteroatoms. The number of thiophene rings is 1. The highest BCUT2D eigenvalue weighted by Gasteiger charge is 2.33. The lowest BCUT2D eigenvalue weighted by atomic mass is 10.0. The van der Waals surface area contributed by atoms with Crippen molar-refractivity contribution in [3.05, 3.63) is 16.0 Å². The minimum absolute atomic E-state index is 0.142. The van der Waals surface area contributed by atoms with Crippen molar-refractivity contribution in [2.24, 2.45) is 0 Å². The highest BCUT2D eigenvalue weighted by atomic mass is 32.1. The molecule has 0 saturated carbocycles. The number of esters is 1. The monoisotopic (exact) mass is 394 g/mol. The summed E-state index contributed by atoms with van der Waals surface area (Å²) >= 11 is 1.38. The van der Waals surface area contributed by atoms with Gasteiger partial charge in [0.2, 0.25) is 17.7 Å². The van der Waals surface area contributed by atoms with Crippen molar-refractivity contribution >= 4 is 40.0 Å². The van der Waals surface area contributed by atoms with Crippen LogP contribution in [0.1, 0.15) is 47.5 Å². The Kier molecular flexibility index (Phi) is 5.91. The van der Waals surface area contributed by atoms with Crippen LogP contribution in [0.2, 0.25) is 0 Å². The molecule has 3 heterocycles. The number of nitrogens with zero attached hydrogens (tertiary/aromatic N) is 1. The molecule has 2 aliphatic heterocycles. The Bertz CT molecular complexity index is 772. The average molecular weight is 394 g/mol. The predicted octanol–water partition coefficient (Wildman–Crippen LogP) is -0.0268. The molecule has 8 nitrogen and oxygen atoms in total. The number of carbonyl (C=O) groups excluding carboxylic acids is 4. The van der Waals surface area contributed by atoms with Crippen LogP contribution < -0.4 is 10.2 Å². The third kappa shape index (κ3) is 4.03. The van der Waals surface area contributed by atoms with Crippen LogP contribution >= 0.6 is 11.3 Å². The van der Waals surface area contributed by atoms with Gasteiger partial charge in [-0.1, -0.05) is 0 Å². The van der Waals surface area contributed by atoms with E-state index in [4.69, 9.17) is 4.74 Å². The van der Waals surface area contributed by atoms with Gasteiger partial charge in [-0.2, -0.15) is 0 Å². The molecule has 1 saturated heterocycles. The van der Waals surface area contributed by atoms with Crippen molar-refractivity contribution in [2.75, 3.05) is 31.6 Å². The van der Waals surface area contributed by atoms with Crippen LogP contribution in [0.3, 0.4) is 0 Å². The summed E-state index contributed by atoms with van der Waals surface area (Å²) < 4.78 is 5.19. The lowest BCUT2D eigenvalue weighted by Crippen LogP contribution is -3.11. The maximum atomic E-state index is 12.5. The maximum Gasteiger partial charge on any atom is 0.341 e. The second-order valence-corrected chi connectivity index (χ2v) is 7.74. The number of quaternary nitrogens is 1. The molecule has 27 heavy (non-hydrogen) atoms. The predicted molar refractivity (Wildman–Crippen MR) is 98.6 cm³/mol. The van der Waals surface area contributed by atoms with Crippen LogP contribution in [0, 0.1) is 0 Å². The van der Waals surface area contributed by atoms with Crippen LogP contribution in [0.25, 0.3) is 0 Å². The van der Waals surface area contributed by atoms with Gasteiger partial charge in [0, 0.05) is 19.3 Å². The van der Waals surface area contributed by atoms with Crippen LogP contribution in [0.5, 0.6) is 0 Å². The molecule has 2 N–H and O–H groups in total. The van der Waals surface area contributed by atoms with E-state index in [1.165, 1.54) is 16.2 Å². The zero-order valence-corrected chi connectivity index (χ0v) is 16.4. The molecule has 1 fully saturated rings. The Morgan fingerprint density at radius 1 is 1.19 bits per heavy atom. The molecule has 146 valence electrons. The normalized spacial score (nSPS) is 19.2. The van der Waals surface area contributed by atoms with Gasteiger partial charge < -0.3 is 15.0 Å². The number of amides is 3. The van der Waals surface area contributed by atoms with Crippen molar-refractivity contribution < 1.29 is 28.8 Å². The third-order valence-electron chi connectivity index (χ3n) is 4.92. The molecule has 0 aliphatic carbocycles. The van der Waals surface area contributed by atoms with Gasteiger partial charge in [-0.25, -0.2) is 4.79 Å². The number of nitrogens with one attached hydrogen (secondary N) is 2. The molecule has 0 aromatic carbocycles. The van der Waals surface area contributed by atoms with Crippen molar-refractivity contribution in [1.82, 2.24) is 4.90 Å². The SMILES string of the molecule is CCOC(=O)c1c(NC(=O)CN2C(=O)CCC2=O)sc2c1CC[NH+](CC)C2. The molecule has 1 aromatic rings. The third-order valence-corrected chi connectivity index (χ3v) is 6.07. The number of likely N-dealkylation sites (tertiary alicyclic amines) is 1. The summed E-state index contributed by atoms with van der Waals surface area (Å²) in [5.41, 5.74) is 1.36. The van der Waals surface area contributed by atoms with E-state index in [-0.39, 0.29) is 37.8 Å². The molecule has 1 unspecified atom stereocenters. The summed E-state index contributed by atoms with van der Waals surface area (Å²) in [5, 5.41) is 3.18. The molecule has 2 aliphatic rings. The lowest BCUT2D eigenvalue weighted by molar-refractivity contribution is -0.913. The number of hydrogen-bond donors (Lipinski definition) is 2. The second kappa shape index (κ2) is 8.18. The quantitative estimate of drug-likeness (QED) is 0.522. The van der Waals surface area contributed by atoms with E-state index in [1.54, 1.807) is 6.92 Å². The Balaban J connectivity index is 1.82. The summed E-state index contributed by atoms with van der Waals surface area (Å²) in [5.74, 6) is -1.61. The fourth-order valence-corrected chi connectivity index (χ4v) is 4.78. The minimum atomic E-state index is -0.484. The van der Waals surface area contributed by atoms with E-state index in [9.17, 15) is 19.2 Å². The van der Waals surface area contributed by atoms with Gasteiger partial charge in [-0.15, -0.1) is 11.3 Å². The van der Waals surface area contributed by atoms with E-state index in [1.807, 2.05) is 0 Å².